The largest absolute Gasteiger partial charge is 0.486 e. The lowest BCUT2D eigenvalue weighted by molar-refractivity contribution is -0.136. The van der Waals surface area contributed by atoms with Crippen LogP contribution in [-0.2, 0) is 24.8 Å². The number of carbonyl (C=O) groups is 1. The Morgan fingerprint density at radius 2 is 2.08 bits per heavy atom. The monoisotopic (exact) mass is 331 g/mol. The zero-order chi connectivity index (χ0) is 17.1. The van der Waals surface area contributed by atoms with Gasteiger partial charge in [0.15, 0.2) is 0 Å². The molecule has 3 rings (SSSR count). The van der Waals surface area contributed by atoms with Gasteiger partial charge in [-0.3, -0.25) is 9.69 Å². The highest BCUT2D eigenvalue weighted by molar-refractivity contribution is 5.70. The van der Waals surface area contributed by atoms with Crippen LogP contribution >= 0.6 is 0 Å². The van der Waals surface area contributed by atoms with Crippen molar-refractivity contribution in [3.63, 3.8) is 0 Å². The maximum absolute atomic E-state index is 10.7. The van der Waals surface area contributed by atoms with Crippen LogP contribution in [-0.4, -0.2) is 55.9 Å². The first-order valence-corrected chi connectivity index (χ1v) is 7.84. The van der Waals surface area contributed by atoms with Gasteiger partial charge in [-0.05, 0) is 17.7 Å². The number of β-amino-alcohol motifs (C(OH)–C–C–N with tert-alkyl or cyclic N) is 1. The molecule has 2 atom stereocenters. The summed E-state index contributed by atoms with van der Waals surface area (Å²) in [5.41, 5.74) is 1.68. The van der Waals surface area contributed by atoms with Crippen molar-refractivity contribution in [3.8, 4) is 5.75 Å². The first-order valence-electron chi connectivity index (χ1n) is 7.84. The number of carboxylic acids is 1. The zero-order valence-corrected chi connectivity index (χ0v) is 13.5. The van der Waals surface area contributed by atoms with E-state index < -0.39 is 12.1 Å². The third kappa shape index (κ3) is 4.12. The standard InChI is InChI=1S/C17H21N3O4/c1-19-7-13(18-11-19)8-20-9-15(21)16(10-20)24-14-4-2-12(3-5-14)6-17(22)23/h2-5,7,11,15-16,21H,6,8-10H2,1H3,(H,22,23)/t15-,16-/m1/s1. The quantitative estimate of drug-likeness (QED) is 0.809. The van der Waals surface area contributed by atoms with E-state index in [2.05, 4.69) is 9.88 Å². The Bertz CT molecular complexity index is 698. The lowest BCUT2D eigenvalue weighted by Gasteiger charge is -2.17. The van der Waals surface area contributed by atoms with E-state index in [1.54, 1.807) is 30.6 Å². The molecule has 1 aromatic heterocycles. The molecule has 1 saturated heterocycles. The van der Waals surface area contributed by atoms with Crippen molar-refractivity contribution in [2.24, 2.45) is 7.05 Å². The lowest BCUT2D eigenvalue weighted by Crippen LogP contribution is -2.29. The Labute approximate surface area is 140 Å². The molecule has 2 aromatic rings. The van der Waals surface area contributed by atoms with Gasteiger partial charge < -0.3 is 19.5 Å². The highest BCUT2D eigenvalue weighted by Gasteiger charge is 2.33. The minimum absolute atomic E-state index is 0.00974. The van der Waals surface area contributed by atoms with Crippen LogP contribution in [0.1, 0.15) is 11.3 Å². The van der Waals surface area contributed by atoms with E-state index in [0.29, 0.717) is 25.4 Å². The van der Waals surface area contributed by atoms with Crippen LogP contribution in [0.25, 0.3) is 0 Å². The number of aliphatic hydroxyl groups excluding tert-OH is 1. The van der Waals surface area contributed by atoms with Crippen LogP contribution in [0, 0.1) is 0 Å². The summed E-state index contributed by atoms with van der Waals surface area (Å²) in [7, 11) is 1.93. The molecule has 0 unspecified atom stereocenters. The number of hydrogen-bond donors (Lipinski definition) is 2. The lowest BCUT2D eigenvalue weighted by atomic mass is 10.1. The number of ether oxygens (including phenoxy) is 1. The maximum Gasteiger partial charge on any atom is 0.307 e. The van der Waals surface area contributed by atoms with Gasteiger partial charge in [0, 0.05) is 32.9 Å². The number of aliphatic carboxylic acids is 1. The van der Waals surface area contributed by atoms with Crippen LogP contribution in [0.2, 0.25) is 0 Å². The third-order valence-corrected chi connectivity index (χ3v) is 4.02. The summed E-state index contributed by atoms with van der Waals surface area (Å²) < 4.78 is 7.75. The minimum Gasteiger partial charge on any atom is -0.486 e. The van der Waals surface area contributed by atoms with Crippen molar-refractivity contribution in [1.82, 2.24) is 14.5 Å². The van der Waals surface area contributed by atoms with Gasteiger partial charge in [-0.25, -0.2) is 4.98 Å². The SMILES string of the molecule is Cn1cnc(CN2C[C@@H](O)[C@H](Oc3ccc(CC(=O)O)cc3)C2)c1. The van der Waals surface area contributed by atoms with Gasteiger partial charge in [0.1, 0.15) is 18.0 Å². The summed E-state index contributed by atoms with van der Waals surface area (Å²) >= 11 is 0. The number of likely N-dealkylation sites (tertiary alicyclic amines) is 1. The number of carboxylic acid groups (broad SMARTS) is 1. The van der Waals surface area contributed by atoms with Crippen molar-refractivity contribution < 1.29 is 19.7 Å². The molecule has 1 aliphatic rings. The molecule has 24 heavy (non-hydrogen) atoms. The van der Waals surface area contributed by atoms with Crippen molar-refractivity contribution in [2.75, 3.05) is 13.1 Å². The van der Waals surface area contributed by atoms with Crippen LogP contribution in [0.15, 0.2) is 36.8 Å². The summed E-state index contributed by atoms with van der Waals surface area (Å²) in [6.45, 7) is 1.84. The molecule has 0 bridgehead atoms. The predicted molar refractivity (Wildman–Crippen MR) is 86.7 cm³/mol. The number of aryl methyl sites for hydroxylation is 1. The molecule has 0 aliphatic carbocycles. The predicted octanol–water partition coefficient (Wildman–Crippen LogP) is 0.671. The smallest absolute Gasteiger partial charge is 0.307 e. The summed E-state index contributed by atoms with van der Waals surface area (Å²) in [4.78, 5) is 17.1. The number of imidazole rings is 1. The van der Waals surface area contributed by atoms with Crippen LogP contribution in [0.5, 0.6) is 5.75 Å². The molecule has 1 aromatic carbocycles. The van der Waals surface area contributed by atoms with Crippen LogP contribution < -0.4 is 4.74 Å². The summed E-state index contributed by atoms with van der Waals surface area (Å²) in [5, 5.41) is 19.0. The first kappa shape index (κ1) is 16.5. The molecule has 7 nitrogen and oxygen atoms in total. The fourth-order valence-electron chi connectivity index (χ4n) is 2.89. The molecule has 1 aliphatic heterocycles. The van der Waals surface area contributed by atoms with Gasteiger partial charge in [0.2, 0.25) is 0 Å². The van der Waals surface area contributed by atoms with E-state index in [9.17, 15) is 9.90 Å². The van der Waals surface area contributed by atoms with Gasteiger partial charge in [0.05, 0.1) is 18.4 Å². The zero-order valence-electron chi connectivity index (χ0n) is 13.5. The van der Waals surface area contributed by atoms with E-state index in [4.69, 9.17) is 9.84 Å². The van der Waals surface area contributed by atoms with Gasteiger partial charge in [0.25, 0.3) is 0 Å². The molecule has 2 heterocycles. The first-order chi connectivity index (χ1) is 11.5. The average molecular weight is 331 g/mol. The molecule has 128 valence electrons. The van der Waals surface area contributed by atoms with Gasteiger partial charge in [-0.2, -0.15) is 0 Å². The number of aliphatic hydroxyl groups is 1. The number of benzene rings is 1. The van der Waals surface area contributed by atoms with Crippen molar-refractivity contribution in [2.45, 2.75) is 25.2 Å². The number of aromatic nitrogens is 2. The van der Waals surface area contributed by atoms with Gasteiger partial charge in [-0.15, -0.1) is 0 Å². The van der Waals surface area contributed by atoms with E-state index in [0.717, 1.165) is 11.3 Å². The summed E-state index contributed by atoms with van der Waals surface area (Å²) in [5.74, 6) is -0.229. The summed E-state index contributed by atoms with van der Waals surface area (Å²) in [6, 6.07) is 6.95. The molecule has 1 fully saturated rings. The highest BCUT2D eigenvalue weighted by Crippen LogP contribution is 2.21. The molecule has 0 spiro atoms. The normalized spacial score (nSPS) is 21.1. The fourth-order valence-corrected chi connectivity index (χ4v) is 2.89. The Morgan fingerprint density at radius 1 is 1.33 bits per heavy atom. The Morgan fingerprint density at radius 3 is 2.71 bits per heavy atom. The average Bonchev–Trinajstić information content (AvgIpc) is 3.07. The van der Waals surface area contributed by atoms with Crippen molar-refractivity contribution in [1.29, 1.82) is 0 Å². The Kier molecular flexibility index (Phi) is 4.82. The molecule has 7 heteroatoms. The number of nitrogens with zero attached hydrogens (tertiary/aromatic N) is 3. The number of rotatable bonds is 6. The topological polar surface area (TPSA) is 87.8 Å². The molecular weight excluding hydrogens is 310 g/mol. The van der Waals surface area contributed by atoms with Gasteiger partial charge >= 0.3 is 5.97 Å². The van der Waals surface area contributed by atoms with E-state index in [1.165, 1.54) is 0 Å². The molecular formula is C17H21N3O4. The summed E-state index contributed by atoms with van der Waals surface area (Å²) in [6.07, 6.45) is 2.84. The van der Waals surface area contributed by atoms with Crippen molar-refractivity contribution >= 4 is 5.97 Å². The molecule has 0 radical (unpaired) electrons. The molecule has 0 saturated carbocycles. The highest BCUT2D eigenvalue weighted by atomic mass is 16.5. The third-order valence-electron chi connectivity index (χ3n) is 4.02. The second kappa shape index (κ2) is 7.02. The number of hydrogen-bond acceptors (Lipinski definition) is 5. The minimum atomic E-state index is -0.861. The van der Waals surface area contributed by atoms with E-state index in [1.807, 2.05) is 17.8 Å². The van der Waals surface area contributed by atoms with E-state index in [-0.39, 0.29) is 12.5 Å². The fraction of sp³-hybridized carbons (Fsp3) is 0.412. The van der Waals surface area contributed by atoms with Crippen molar-refractivity contribution in [3.05, 3.63) is 48.0 Å². The maximum atomic E-state index is 10.7. The Balaban J connectivity index is 1.56. The molecule has 0 amide bonds. The van der Waals surface area contributed by atoms with Gasteiger partial charge in [-0.1, -0.05) is 12.1 Å². The van der Waals surface area contributed by atoms with E-state index >= 15 is 0 Å². The Hall–Kier alpha value is -2.38. The second-order valence-corrected chi connectivity index (χ2v) is 6.16. The molecule has 2 N–H and O–H groups in total. The second-order valence-electron chi connectivity index (χ2n) is 6.16. The van der Waals surface area contributed by atoms with Crippen LogP contribution in [0.4, 0.5) is 0 Å². The van der Waals surface area contributed by atoms with Crippen LogP contribution in [0.3, 0.4) is 0 Å².